The van der Waals surface area contributed by atoms with Gasteiger partial charge in [-0.15, -0.1) is 10.2 Å². The van der Waals surface area contributed by atoms with Crippen LogP contribution in [0, 0.1) is 17.2 Å². The minimum absolute atomic E-state index is 0.00171. The molecule has 0 radical (unpaired) electrons. The molecule has 1 aliphatic heterocycles. The van der Waals surface area contributed by atoms with Crippen LogP contribution in [0.5, 0.6) is 11.5 Å². The molecule has 0 saturated heterocycles. The number of aryl methyl sites for hydroxylation is 1. The van der Waals surface area contributed by atoms with E-state index < -0.39 is 10.2 Å². The van der Waals surface area contributed by atoms with Gasteiger partial charge in [0.1, 0.15) is 18.1 Å². The average molecular weight is 506 g/mol. The molecule has 178 valence electrons. The Balaban J connectivity index is 0.000000499. The van der Waals surface area contributed by atoms with Crippen LogP contribution in [0.15, 0.2) is 54.4 Å². The summed E-state index contributed by atoms with van der Waals surface area (Å²) < 4.78 is 48.7. The normalized spacial score (nSPS) is 14.2. The summed E-state index contributed by atoms with van der Waals surface area (Å²) in [5.74, 6) is 2.35. The van der Waals surface area contributed by atoms with Crippen molar-refractivity contribution >= 4 is 38.3 Å². The molecule has 0 fully saturated rings. The first-order valence-corrected chi connectivity index (χ1v) is 12.0. The summed E-state index contributed by atoms with van der Waals surface area (Å²) in [6.45, 7) is 2.36. The molecular weight excluding hydrogens is 486 g/mol. The number of fused-ring (bicyclic) bond motifs is 4. The average Bonchev–Trinajstić information content (AvgIpc) is 3.28. The van der Waals surface area contributed by atoms with E-state index in [0.29, 0.717) is 0 Å². The summed E-state index contributed by atoms with van der Waals surface area (Å²) in [7, 11) is -2.95. The van der Waals surface area contributed by atoms with Crippen LogP contribution in [0.1, 0.15) is 11.4 Å². The van der Waals surface area contributed by atoms with Gasteiger partial charge in [0.25, 0.3) is 0 Å². The highest BCUT2D eigenvalue weighted by atomic mass is 35.7. The zero-order valence-electron chi connectivity index (χ0n) is 18.1. The van der Waals surface area contributed by atoms with Crippen molar-refractivity contribution in [1.29, 1.82) is 0 Å². The van der Waals surface area contributed by atoms with Crippen LogP contribution < -0.4 is 37.4 Å². The predicted octanol–water partition coefficient (Wildman–Crippen LogP) is -1.21. The molecule has 0 saturated carbocycles. The number of thiazole rings is 1. The molecule has 3 heterocycles. The molecule has 34 heavy (non-hydrogen) atoms. The fourth-order valence-corrected chi connectivity index (χ4v) is 4.66. The second kappa shape index (κ2) is 9.68. The van der Waals surface area contributed by atoms with Crippen molar-refractivity contribution in [2.24, 2.45) is 0 Å². The van der Waals surface area contributed by atoms with E-state index in [2.05, 4.69) is 17.4 Å². The lowest BCUT2D eigenvalue weighted by atomic mass is 10.3. The van der Waals surface area contributed by atoms with Crippen molar-refractivity contribution < 1.29 is 47.9 Å². The summed E-state index contributed by atoms with van der Waals surface area (Å²) in [5, 5.41) is 8.96. The maximum Gasteiger partial charge on any atom is 0.388 e. The topological polar surface area (TPSA) is 151 Å². The minimum Gasteiger partial charge on any atom is -0.491 e. The molecule has 2 aromatic heterocycles. The smallest absolute Gasteiger partial charge is 0.388 e. The van der Waals surface area contributed by atoms with Gasteiger partial charge in [0, 0.05) is 19.2 Å². The first kappa shape index (κ1) is 24.1. The van der Waals surface area contributed by atoms with Crippen molar-refractivity contribution in [3.63, 3.8) is 0 Å². The lowest BCUT2D eigenvalue weighted by Gasteiger charge is -2.17. The van der Waals surface area contributed by atoms with Crippen molar-refractivity contribution in [2.45, 2.75) is 6.92 Å². The van der Waals surface area contributed by atoms with Crippen LogP contribution in [0.4, 0.5) is 5.69 Å². The van der Waals surface area contributed by atoms with Crippen molar-refractivity contribution in [2.75, 3.05) is 25.2 Å². The molecule has 4 aromatic rings. The fourth-order valence-electron chi connectivity index (χ4n) is 3.54. The minimum atomic E-state index is -4.94. The molecule has 1 N–H and O–H groups in total. The molecule has 0 spiro atoms. The van der Waals surface area contributed by atoms with E-state index in [-0.39, 0.29) is 13.2 Å². The van der Waals surface area contributed by atoms with Crippen LogP contribution >= 0.6 is 11.3 Å². The number of benzene rings is 2. The van der Waals surface area contributed by atoms with Gasteiger partial charge in [-0.25, -0.2) is 18.6 Å². The number of nitrogens with zero attached hydrogens (tertiary/aromatic N) is 3. The zero-order chi connectivity index (χ0) is 24.5. The molecule has 0 amide bonds. The zero-order valence-corrected chi connectivity index (χ0v) is 19.7. The number of anilines is 1. The molecular formula is C22H20ClN3O7S. The maximum atomic E-state index is 8.96. The van der Waals surface area contributed by atoms with Crippen LogP contribution in [0.2, 0.25) is 0 Å². The van der Waals surface area contributed by atoms with Gasteiger partial charge in [-0.05, 0) is 47.5 Å². The Bertz CT molecular complexity index is 1360. The van der Waals surface area contributed by atoms with Crippen LogP contribution in [-0.2, 0) is 0 Å². The van der Waals surface area contributed by atoms with Crippen molar-refractivity contribution in [3.8, 4) is 11.5 Å². The summed E-state index contributed by atoms with van der Waals surface area (Å²) in [4.78, 5) is 7.78. The van der Waals surface area contributed by atoms with Gasteiger partial charge in [-0.1, -0.05) is 12.1 Å². The quantitative estimate of drug-likeness (QED) is 0.337. The Kier molecular flexibility index (Phi) is 6.86. The van der Waals surface area contributed by atoms with Gasteiger partial charge in [-0.2, -0.15) is 4.40 Å². The Hall–Kier alpha value is -3.03. The maximum absolute atomic E-state index is 8.96. The van der Waals surface area contributed by atoms with Gasteiger partial charge >= 0.3 is 4.96 Å². The number of para-hydroxylation sites is 2. The number of rotatable bonds is 4. The Morgan fingerprint density at radius 3 is 2.62 bits per heavy atom. The number of halogens is 1. The highest BCUT2D eigenvalue weighted by Gasteiger charge is 2.24. The third-order valence-corrected chi connectivity index (χ3v) is 5.91. The molecule has 10 nitrogen and oxygen atoms in total. The molecule has 0 aliphatic carbocycles. The number of hydrogen-bond donors (Lipinski definition) is 1. The van der Waals surface area contributed by atoms with E-state index in [1.165, 1.54) is 0 Å². The van der Waals surface area contributed by atoms with Crippen molar-refractivity contribution in [3.05, 3.63) is 65.8 Å². The van der Waals surface area contributed by atoms with Crippen molar-refractivity contribution in [1.82, 2.24) is 4.98 Å². The number of aliphatic hydroxyl groups is 1. The standard InChI is InChI=1S/C22H20N3O3S.ClHO4/c1-14-11-15(12-21-24(2)17-5-3-4-6-19(17)28-21)23-22-25(14)18-8-7-16(27-10-9-26)13-20(18)29-22;2-1(3,4)5/h3-8,11-13,26H,9-10H2,1-2H3;(H,2,3,4,5)/q+1;/p-1. The van der Waals surface area contributed by atoms with Crippen LogP contribution in [0.3, 0.4) is 0 Å². The molecule has 0 atom stereocenters. The SMILES string of the molecule is Cc1cc(/C=C2\Oc3ccccc3N2C)nc2sc3cc(OCCO)ccc3[n+]12.[O-][Cl+3]([O-])([O-])[O-]. The highest BCUT2D eigenvalue weighted by Crippen LogP contribution is 2.38. The van der Waals surface area contributed by atoms with E-state index in [1.807, 2.05) is 60.5 Å². The number of aromatic nitrogens is 2. The van der Waals surface area contributed by atoms with E-state index in [1.54, 1.807) is 11.3 Å². The largest absolute Gasteiger partial charge is 0.491 e. The lowest BCUT2D eigenvalue weighted by molar-refractivity contribution is -2.00. The molecule has 0 unspecified atom stereocenters. The second-order valence-electron chi connectivity index (χ2n) is 7.23. The lowest BCUT2D eigenvalue weighted by Crippen LogP contribution is -2.68. The summed E-state index contributed by atoms with van der Waals surface area (Å²) in [6.07, 6.45) is 1.97. The first-order chi connectivity index (χ1) is 16.1. The molecule has 12 heteroatoms. The van der Waals surface area contributed by atoms with Gasteiger partial charge in [0.15, 0.2) is 17.0 Å². The highest BCUT2D eigenvalue weighted by molar-refractivity contribution is 7.22. The number of aliphatic hydroxyl groups excluding tert-OH is 1. The van der Waals surface area contributed by atoms with E-state index in [0.717, 1.165) is 49.6 Å². The Morgan fingerprint density at radius 2 is 1.91 bits per heavy atom. The predicted molar refractivity (Wildman–Crippen MR) is 114 cm³/mol. The number of hydrogen-bond acceptors (Lipinski definition) is 10. The monoisotopic (exact) mass is 505 g/mol. The Morgan fingerprint density at radius 1 is 1.18 bits per heavy atom. The first-order valence-electron chi connectivity index (χ1n) is 9.98. The van der Waals surface area contributed by atoms with E-state index in [4.69, 9.17) is 38.2 Å². The van der Waals surface area contributed by atoms with Gasteiger partial charge in [-0.3, -0.25) is 0 Å². The summed E-state index contributed by atoms with van der Waals surface area (Å²) >= 11 is 1.61. The summed E-state index contributed by atoms with van der Waals surface area (Å²) in [5.41, 5.74) is 4.08. The molecule has 5 rings (SSSR count). The van der Waals surface area contributed by atoms with Gasteiger partial charge in [0.05, 0.1) is 23.1 Å². The van der Waals surface area contributed by atoms with E-state index in [9.17, 15) is 0 Å². The molecule has 2 aromatic carbocycles. The van der Waals surface area contributed by atoms with Crippen LogP contribution in [0.25, 0.3) is 21.3 Å². The van der Waals surface area contributed by atoms with Gasteiger partial charge < -0.3 is 19.5 Å². The third kappa shape index (κ3) is 5.37. The van der Waals surface area contributed by atoms with Crippen LogP contribution in [-0.4, -0.2) is 30.4 Å². The second-order valence-corrected chi connectivity index (χ2v) is 9.00. The van der Waals surface area contributed by atoms with E-state index >= 15 is 0 Å². The third-order valence-electron chi connectivity index (χ3n) is 4.90. The molecule has 0 bridgehead atoms. The number of ether oxygens (including phenoxy) is 2. The van der Waals surface area contributed by atoms with Gasteiger partial charge in [0.2, 0.25) is 5.88 Å². The fraction of sp³-hybridized carbons (Fsp3) is 0.182. The Labute approximate surface area is 200 Å². The summed E-state index contributed by atoms with van der Waals surface area (Å²) in [6, 6.07) is 16.0. The molecule has 1 aliphatic rings.